The molecule has 1 atom stereocenters. The van der Waals surface area contributed by atoms with Crippen LogP contribution in [0.1, 0.15) is 21.7 Å². The SMILES string of the molecule is COC(=O)C(CNC(=O)c1ccc2c(CCc3cc(=O)nc(N)[nH]3)nn(C)c2c1)NS(=O)(=O)c1cccc2cnccc12. The number of hydrogen-bond donors (Lipinski definition) is 4. The summed E-state index contributed by atoms with van der Waals surface area (Å²) in [6.45, 7) is -0.362. The first-order valence-corrected chi connectivity index (χ1v) is 14.6. The number of nitrogens with one attached hydrogen (secondary N) is 3. The minimum atomic E-state index is -4.19. The van der Waals surface area contributed by atoms with E-state index in [1.165, 1.54) is 24.5 Å². The zero-order valence-electron chi connectivity index (χ0n) is 23.2. The summed E-state index contributed by atoms with van der Waals surface area (Å²) in [5.41, 5.74) is 7.54. The van der Waals surface area contributed by atoms with Crippen LogP contribution in [-0.4, -0.2) is 64.7 Å². The Bertz CT molecular complexity index is 2020. The second kappa shape index (κ2) is 12.0. The third-order valence-electron chi connectivity index (χ3n) is 6.82. The predicted octanol–water partition coefficient (Wildman–Crippen LogP) is 0.822. The summed E-state index contributed by atoms with van der Waals surface area (Å²) in [4.78, 5) is 47.7. The summed E-state index contributed by atoms with van der Waals surface area (Å²) in [6, 6.07) is 11.3. The van der Waals surface area contributed by atoms with E-state index in [0.717, 1.165) is 18.2 Å². The summed E-state index contributed by atoms with van der Waals surface area (Å²) in [5, 5.41) is 9.02. The van der Waals surface area contributed by atoms with E-state index >= 15 is 0 Å². The highest BCUT2D eigenvalue weighted by Crippen LogP contribution is 2.23. The Labute approximate surface area is 245 Å². The Morgan fingerprint density at radius 1 is 1.12 bits per heavy atom. The lowest BCUT2D eigenvalue weighted by Crippen LogP contribution is -2.48. The molecule has 0 spiro atoms. The number of benzene rings is 2. The van der Waals surface area contributed by atoms with Gasteiger partial charge in [0, 0.05) is 59.5 Å². The van der Waals surface area contributed by atoms with Gasteiger partial charge in [-0.1, -0.05) is 18.2 Å². The summed E-state index contributed by atoms with van der Waals surface area (Å²) in [5.74, 6) is -1.36. The molecule has 0 aliphatic rings. The van der Waals surface area contributed by atoms with E-state index < -0.39 is 33.5 Å². The van der Waals surface area contributed by atoms with Crippen LogP contribution < -0.4 is 21.3 Å². The van der Waals surface area contributed by atoms with Gasteiger partial charge in [0.1, 0.15) is 6.04 Å². The number of methoxy groups -OCH3 is 1. The van der Waals surface area contributed by atoms with Crippen LogP contribution in [0.5, 0.6) is 0 Å². The molecule has 2 aromatic carbocycles. The van der Waals surface area contributed by atoms with Gasteiger partial charge in [-0.15, -0.1) is 0 Å². The molecule has 5 N–H and O–H groups in total. The van der Waals surface area contributed by atoms with Crippen molar-refractivity contribution in [3.63, 3.8) is 0 Å². The number of fused-ring (bicyclic) bond motifs is 2. The molecule has 0 aliphatic carbocycles. The van der Waals surface area contributed by atoms with Crippen LogP contribution in [0, 0.1) is 0 Å². The van der Waals surface area contributed by atoms with Crippen LogP contribution in [0.4, 0.5) is 5.95 Å². The number of esters is 1. The van der Waals surface area contributed by atoms with Crippen LogP contribution in [0.3, 0.4) is 0 Å². The van der Waals surface area contributed by atoms with Crippen molar-refractivity contribution in [1.82, 2.24) is 34.8 Å². The average Bonchev–Trinajstić information content (AvgIpc) is 3.31. The lowest BCUT2D eigenvalue weighted by molar-refractivity contribution is -0.142. The van der Waals surface area contributed by atoms with Crippen molar-refractivity contribution in [2.75, 3.05) is 19.4 Å². The van der Waals surface area contributed by atoms with Crippen molar-refractivity contribution < 1.29 is 22.7 Å². The average molecular weight is 605 g/mol. The molecule has 0 bridgehead atoms. The molecule has 5 rings (SSSR count). The van der Waals surface area contributed by atoms with E-state index in [9.17, 15) is 22.8 Å². The van der Waals surface area contributed by atoms with E-state index in [-0.39, 0.29) is 23.0 Å². The monoisotopic (exact) mass is 604 g/mol. The van der Waals surface area contributed by atoms with Crippen molar-refractivity contribution in [2.24, 2.45) is 7.05 Å². The summed E-state index contributed by atoms with van der Waals surface area (Å²) in [6.07, 6.45) is 3.97. The van der Waals surface area contributed by atoms with Crippen molar-refractivity contribution in [3.8, 4) is 0 Å². The van der Waals surface area contributed by atoms with Gasteiger partial charge in [-0.3, -0.25) is 24.0 Å². The van der Waals surface area contributed by atoms with E-state index in [1.54, 1.807) is 48.1 Å². The summed E-state index contributed by atoms with van der Waals surface area (Å²) < 4.78 is 35.3. The van der Waals surface area contributed by atoms with Gasteiger partial charge in [0.2, 0.25) is 16.0 Å². The number of carbonyl (C=O) groups excluding carboxylic acids is 2. The Balaban J connectivity index is 1.30. The maximum Gasteiger partial charge on any atom is 0.325 e. The molecule has 222 valence electrons. The van der Waals surface area contributed by atoms with Gasteiger partial charge in [0.05, 0.1) is 23.2 Å². The number of H-pyrrole nitrogens is 1. The normalized spacial score (nSPS) is 12.3. The van der Waals surface area contributed by atoms with Crippen molar-refractivity contribution >= 4 is 49.5 Å². The third-order valence-corrected chi connectivity index (χ3v) is 8.35. The molecule has 0 aliphatic heterocycles. The number of carbonyl (C=O) groups is 2. The number of sulfonamides is 1. The highest BCUT2D eigenvalue weighted by atomic mass is 32.2. The Hall–Kier alpha value is -5.15. The molecule has 14 nitrogen and oxygen atoms in total. The second-order valence-corrected chi connectivity index (χ2v) is 11.4. The predicted molar refractivity (Wildman–Crippen MR) is 158 cm³/mol. The maximum absolute atomic E-state index is 13.3. The number of ether oxygens (including phenoxy) is 1. The van der Waals surface area contributed by atoms with Crippen LogP contribution in [0.15, 0.2) is 70.6 Å². The Morgan fingerprint density at radius 3 is 2.70 bits per heavy atom. The second-order valence-electron chi connectivity index (χ2n) is 9.69. The van der Waals surface area contributed by atoms with Crippen LogP contribution in [0.2, 0.25) is 0 Å². The number of nitrogen functional groups attached to an aromatic ring is 1. The summed E-state index contributed by atoms with van der Waals surface area (Å²) in [7, 11) is -1.32. The van der Waals surface area contributed by atoms with E-state index in [2.05, 4.69) is 30.1 Å². The van der Waals surface area contributed by atoms with E-state index in [0.29, 0.717) is 34.8 Å². The highest BCUT2D eigenvalue weighted by Gasteiger charge is 2.28. The van der Waals surface area contributed by atoms with Crippen LogP contribution >= 0.6 is 0 Å². The van der Waals surface area contributed by atoms with Crippen molar-refractivity contribution in [3.05, 3.63) is 88.2 Å². The largest absolute Gasteiger partial charge is 0.468 e. The van der Waals surface area contributed by atoms with Crippen molar-refractivity contribution in [2.45, 2.75) is 23.8 Å². The number of amides is 1. The minimum Gasteiger partial charge on any atom is -0.468 e. The van der Waals surface area contributed by atoms with E-state index in [4.69, 9.17) is 10.5 Å². The molecule has 5 aromatic rings. The Morgan fingerprint density at radius 2 is 1.93 bits per heavy atom. The molecule has 0 saturated carbocycles. The molecular weight excluding hydrogens is 576 g/mol. The Kier molecular flexibility index (Phi) is 8.18. The molecule has 0 saturated heterocycles. The first-order valence-electron chi connectivity index (χ1n) is 13.1. The number of nitrogens with zero attached hydrogens (tertiary/aromatic N) is 4. The smallest absolute Gasteiger partial charge is 0.325 e. The topological polar surface area (TPSA) is 204 Å². The number of anilines is 1. The third kappa shape index (κ3) is 6.37. The zero-order valence-corrected chi connectivity index (χ0v) is 24.0. The number of aromatic nitrogens is 5. The fourth-order valence-corrected chi connectivity index (χ4v) is 6.18. The van der Waals surface area contributed by atoms with Gasteiger partial charge in [-0.2, -0.15) is 14.8 Å². The summed E-state index contributed by atoms with van der Waals surface area (Å²) >= 11 is 0. The number of aromatic amines is 1. The zero-order chi connectivity index (χ0) is 30.7. The van der Waals surface area contributed by atoms with Gasteiger partial charge in [0.25, 0.3) is 11.5 Å². The van der Waals surface area contributed by atoms with Gasteiger partial charge < -0.3 is 20.8 Å². The molecule has 43 heavy (non-hydrogen) atoms. The van der Waals surface area contributed by atoms with Crippen LogP contribution in [0.25, 0.3) is 21.7 Å². The number of nitrogens with two attached hydrogens (primary N) is 1. The number of hydrogen-bond acceptors (Lipinski definition) is 10. The standard InChI is InChI=1S/C28H28N8O6S/c1-36-23-12-16(6-8-20(23)21(34-36)9-7-18-13-25(37)33-28(29)32-18)26(38)31-15-22(27(39)42-2)35-43(40,41)24-5-3-4-17-14-30-11-10-19(17)24/h3-6,8,10-14,22,35H,7,9,15H2,1-2H3,(H,31,38)(H3,29,32,33,37). The number of rotatable bonds is 10. The molecule has 0 radical (unpaired) electrons. The van der Waals surface area contributed by atoms with Crippen molar-refractivity contribution in [1.29, 1.82) is 0 Å². The van der Waals surface area contributed by atoms with Gasteiger partial charge in [0.15, 0.2) is 0 Å². The maximum atomic E-state index is 13.3. The fraction of sp³-hybridized carbons (Fsp3) is 0.214. The first-order chi connectivity index (χ1) is 20.6. The molecule has 3 heterocycles. The fourth-order valence-electron chi connectivity index (χ4n) is 4.76. The molecule has 3 aromatic heterocycles. The molecule has 1 unspecified atom stereocenters. The number of aryl methyl sites for hydroxylation is 3. The molecule has 1 amide bonds. The lowest BCUT2D eigenvalue weighted by Gasteiger charge is -2.18. The van der Waals surface area contributed by atoms with Gasteiger partial charge >= 0.3 is 5.97 Å². The minimum absolute atomic E-state index is 0.0381. The van der Waals surface area contributed by atoms with Gasteiger partial charge in [-0.05, 0) is 37.1 Å². The molecule has 0 fully saturated rings. The first kappa shape index (κ1) is 29.3. The number of pyridine rings is 1. The van der Waals surface area contributed by atoms with Crippen LogP contribution in [-0.2, 0) is 39.4 Å². The lowest BCUT2D eigenvalue weighted by atomic mass is 10.1. The molecule has 15 heteroatoms. The quantitative estimate of drug-likeness (QED) is 0.165. The van der Waals surface area contributed by atoms with E-state index in [1.807, 2.05) is 0 Å². The molecular formula is C28H28N8O6S. The highest BCUT2D eigenvalue weighted by molar-refractivity contribution is 7.89. The van der Waals surface area contributed by atoms with Gasteiger partial charge in [-0.25, -0.2) is 8.42 Å².